The van der Waals surface area contributed by atoms with Gasteiger partial charge in [0.15, 0.2) is 6.61 Å². The second kappa shape index (κ2) is 8.30. The van der Waals surface area contributed by atoms with Gasteiger partial charge in [0.1, 0.15) is 5.58 Å². The molecule has 1 N–H and O–H groups in total. The standard InChI is InChI=1S/C23H25NO4/c1-14(2)18-7-5-6-8-20(18)24-21(25)13-27-22(26)11-17-12-28-23-16(4)15(3)9-10-19(17)23/h5-10,12,14H,11,13H2,1-4H3,(H,24,25). The molecule has 5 heteroatoms. The van der Waals surface area contributed by atoms with E-state index >= 15 is 0 Å². The van der Waals surface area contributed by atoms with Gasteiger partial charge in [-0.25, -0.2) is 0 Å². The first-order valence-corrected chi connectivity index (χ1v) is 9.37. The minimum Gasteiger partial charge on any atom is -0.464 e. The third kappa shape index (κ3) is 4.25. The monoisotopic (exact) mass is 379 g/mol. The molecule has 1 amide bonds. The smallest absolute Gasteiger partial charge is 0.310 e. The number of esters is 1. The molecule has 0 unspecified atom stereocenters. The molecule has 1 heterocycles. The van der Waals surface area contributed by atoms with Crippen LogP contribution in [0.4, 0.5) is 5.69 Å². The number of carbonyl (C=O) groups excluding carboxylic acids is 2. The highest BCUT2D eigenvalue weighted by Crippen LogP contribution is 2.27. The van der Waals surface area contributed by atoms with E-state index in [2.05, 4.69) is 19.2 Å². The number of nitrogens with one attached hydrogen (secondary N) is 1. The van der Waals surface area contributed by atoms with Crippen molar-refractivity contribution in [1.29, 1.82) is 0 Å². The summed E-state index contributed by atoms with van der Waals surface area (Å²) >= 11 is 0. The quantitative estimate of drug-likeness (QED) is 0.619. The van der Waals surface area contributed by atoms with E-state index in [0.717, 1.165) is 38.9 Å². The Morgan fingerprint density at radius 1 is 1.11 bits per heavy atom. The van der Waals surface area contributed by atoms with Crippen LogP contribution in [0.25, 0.3) is 11.0 Å². The predicted molar refractivity (Wildman–Crippen MR) is 110 cm³/mol. The van der Waals surface area contributed by atoms with Crippen LogP contribution < -0.4 is 5.32 Å². The highest BCUT2D eigenvalue weighted by atomic mass is 16.5. The van der Waals surface area contributed by atoms with Crippen molar-refractivity contribution in [2.24, 2.45) is 0 Å². The Bertz CT molecular complexity index is 1020. The number of ether oxygens (including phenoxy) is 1. The second-order valence-electron chi connectivity index (χ2n) is 7.27. The first kappa shape index (κ1) is 19.7. The van der Waals surface area contributed by atoms with Crippen molar-refractivity contribution in [2.45, 2.75) is 40.0 Å². The average Bonchev–Trinajstić information content (AvgIpc) is 3.06. The summed E-state index contributed by atoms with van der Waals surface area (Å²) in [6.07, 6.45) is 1.64. The summed E-state index contributed by atoms with van der Waals surface area (Å²) in [6, 6.07) is 11.6. The van der Waals surface area contributed by atoms with Crippen molar-refractivity contribution in [3.05, 3.63) is 64.9 Å². The van der Waals surface area contributed by atoms with Crippen molar-refractivity contribution < 1.29 is 18.7 Å². The molecule has 0 aliphatic heterocycles. The molecule has 0 aliphatic rings. The fourth-order valence-corrected chi connectivity index (χ4v) is 3.18. The molecule has 2 aromatic carbocycles. The largest absolute Gasteiger partial charge is 0.464 e. The molecular formula is C23H25NO4. The minimum atomic E-state index is -0.465. The Balaban J connectivity index is 1.59. The van der Waals surface area contributed by atoms with Gasteiger partial charge in [-0.05, 0) is 42.5 Å². The Morgan fingerprint density at radius 2 is 1.86 bits per heavy atom. The zero-order valence-electron chi connectivity index (χ0n) is 16.7. The van der Waals surface area contributed by atoms with Crippen LogP contribution in [-0.2, 0) is 20.7 Å². The molecule has 0 spiro atoms. The number of fused-ring (bicyclic) bond motifs is 1. The first-order valence-electron chi connectivity index (χ1n) is 9.37. The molecule has 0 fully saturated rings. The van der Waals surface area contributed by atoms with E-state index in [1.807, 2.05) is 50.2 Å². The summed E-state index contributed by atoms with van der Waals surface area (Å²) < 4.78 is 10.8. The van der Waals surface area contributed by atoms with E-state index in [0.29, 0.717) is 0 Å². The van der Waals surface area contributed by atoms with Crippen molar-refractivity contribution >= 4 is 28.5 Å². The number of rotatable bonds is 6. The van der Waals surface area contributed by atoms with Gasteiger partial charge in [0, 0.05) is 16.6 Å². The van der Waals surface area contributed by atoms with Gasteiger partial charge in [0.2, 0.25) is 0 Å². The van der Waals surface area contributed by atoms with Crippen molar-refractivity contribution in [1.82, 2.24) is 0 Å². The molecule has 1 aromatic heterocycles. The van der Waals surface area contributed by atoms with Gasteiger partial charge < -0.3 is 14.5 Å². The lowest BCUT2D eigenvalue weighted by molar-refractivity contribution is -0.146. The fraction of sp³-hybridized carbons (Fsp3) is 0.304. The number of hydrogen-bond donors (Lipinski definition) is 1. The van der Waals surface area contributed by atoms with Crippen LogP contribution in [0.2, 0.25) is 0 Å². The molecular weight excluding hydrogens is 354 g/mol. The topological polar surface area (TPSA) is 68.5 Å². The summed E-state index contributed by atoms with van der Waals surface area (Å²) in [5, 5.41) is 3.71. The number of carbonyl (C=O) groups is 2. The Hall–Kier alpha value is -3.08. The fourth-order valence-electron chi connectivity index (χ4n) is 3.18. The van der Waals surface area contributed by atoms with Gasteiger partial charge in [0.05, 0.1) is 12.7 Å². The second-order valence-corrected chi connectivity index (χ2v) is 7.27. The van der Waals surface area contributed by atoms with E-state index < -0.39 is 5.97 Å². The lowest BCUT2D eigenvalue weighted by Crippen LogP contribution is -2.22. The van der Waals surface area contributed by atoms with Gasteiger partial charge in [-0.1, -0.05) is 44.2 Å². The number of hydrogen-bond acceptors (Lipinski definition) is 4. The van der Waals surface area contributed by atoms with Crippen LogP contribution in [0.1, 0.15) is 42.0 Å². The maximum atomic E-state index is 12.2. The van der Waals surface area contributed by atoms with Gasteiger partial charge in [-0.2, -0.15) is 0 Å². The average molecular weight is 379 g/mol. The highest BCUT2D eigenvalue weighted by Gasteiger charge is 2.15. The maximum absolute atomic E-state index is 12.2. The van der Waals surface area contributed by atoms with Crippen molar-refractivity contribution in [3.63, 3.8) is 0 Å². The molecule has 3 aromatic rings. The number of para-hydroxylation sites is 1. The third-order valence-electron chi connectivity index (χ3n) is 4.90. The van der Waals surface area contributed by atoms with Gasteiger partial charge in [-0.3, -0.25) is 9.59 Å². The zero-order chi connectivity index (χ0) is 20.3. The molecule has 0 aliphatic carbocycles. The van der Waals surface area contributed by atoms with Gasteiger partial charge in [-0.15, -0.1) is 0 Å². The number of aryl methyl sites for hydroxylation is 2. The first-order chi connectivity index (χ1) is 13.4. The highest BCUT2D eigenvalue weighted by molar-refractivity contribution is 5.94. The van der Waals surface area contributed by atoms with E-state index in [4.69, 9.17) is 9.15 Å². The molecule has 146 valence electrons. The lowest BCUT2D eigenvalue weighted by atomic mass is 10.0. The van der Waals surface area contributed by atoms with Gasteiger partial charge in [0.25, 0.3) is 5.91 Å². The zero-order valence-corrected chi connectivity index (χ0v) is 16.7. The molecule has 5 nitrogen and oxygen atoms in total. The molecule has 0 bridgehead atoms. The van der Waals surface area contributed by atoms with Crippen LogP contribution in [0.5, 0.6) is 0 Å². The molecule has 28 heavy (non-hydrogen) atoms. The molecule has 3 rings (SSSR count). The van der Waals surface area contributed by atoms with Crippen LogP contribution in [-0.4, -0.2) is 18.5 Å². The van der Waals surface area contributed by atoms with Crippen LogP contribution >= 0.6 is 0 Å². The SMILES string of the molecule is Cc1ccc2c(CC(=O)OCC(=O)Nc3ccccc3C(C)C)coc2c1C. The Labute approximate surface area is 164 Å². The van der Waals surface area contributed by atoms with Gasteiger partial charge >= 0.3 is 5.97 Å². The summed E-state index contributed by atoms with van der Waals surface area (Å²) in [7, 11) is 0. The minimum absolute atomic E-state index is 0.0609. The number of anilines is 1. The van der Waals surface area contributed by atoms with Crippen LogP contribution in [0, 0.1) is 13.8 Å². The Morgan fingerprint density at radius 3 is 2.61 bits per heavy atom. The number of benzene rings is 2. The summed E-state index contributed by atoms with van der Waals surface area (Å²) in [5.74, 6) is -0.543. The predicted octanol–water partition coefficient (Wildman–Crippen LogP) is 4.90. The van der Waals surface area contributed by atoms with E-state index in [9.17, 15) is 9.59 Å². The number of furan rings is 1. The summed E-state index contributed by atoms with van der Waals surface area (Å²) in [6.45, 7) is 7.80. The van der Waals surface area contributed by atoms with Crippen LogP contribution in [0.15, 0.2) is 47.1 Å². The third-order valence-corrected chi connectivity index (χ3v) is 4.90. The molecule has 0 saturated heterocycles. The maximum Gasteiger partial charge on any atom is 0.310 e. The lowest BCUT2D eigenvalue weighted by Gasteiger charge is -2.13. The summed E-state index contributed by atoms with van der Waals surface area (Å²) in [5.41, 5.74) is 5.51. The van der Waals surface area contributed by atoms with E-state index in [1.165, 1.54) is 0 Å². The van der Waals surface area contributed by atoms with Crippen molar-refractivity contribution in [2.75, 3.05) is 11.9 Å². The normalized spacial score (nSPS) is 11.0. The Kier molecular flexibility index (Phi) is 5.83. The van der Waals surface area contributed by atoms with E-state index in [-0.39, 0.29) is 24.9 Å². The van der Waals surface area contributed by atoms with E-state index in [1.54, 1.807) is 6.26 Å². The number of amides is 1. The van der Waals surface area contributed by atoms with Crippen LogP contribution in [0.3, 0.4) is 0 Å². The summed E-state index contributed by atoms with van der Waals surface area (Å²) in [4.78, 5) is 24.4. The molecule has 0 atom stereocenters. The van der Waals surface area contributed by atoms with Crippen molar-refractivity contribution in [3.8, 4) is 0 Å². The molecule has 0 saturated carbocycles. The molecule has 0 radical (unpaired) electrons.